The van der Waals surface area contributed by atoms with Crippen LogP contribution >= 0.6 is 0 Å². The van der Waals surface area contributed by atoms with Crippen molar-refractivity contribution in [2.24, 2.45) is 5.92 Å². The quantitative estimate of drug-likeness (QED) is 0.860. The molecule has 0 saturated heterocycles. The van der Waals surface area contributed by atoms with Gasteiger partial charge in [-0.3, -0.25) is 4.79 Å². The number of carboxylic acids is 1. The predicted octanol–water partition coefficient (Wildman–Crippen LogP) is 1.60. The van der Waals surface area contributed by atoms with Gasteiger partial charge in [0.25, 0.3) is 0 Å². The van der Waals surface area contributed by atoms with Crippen LogP contribution in [0.5, 0.6) is 0 Å². The Bertz CT molecular complexity index is 442. The van der Waals surface area contributed by atoms with Crippen molar-refractivity contribution in [1.82, 2.24) is 9.97 Å². The second kappa shape index (κ2) is 5.86. The van der Waals surface area contributed by atoms with E-state index in [0.29, 0.717) is 12.0 Å². The number of carboxylic acid groups (broad SMARTS) is 1. The monoisotopic (exact) mass is 264 g/mol. The second-order valence-corrected chi connectivity index (χ2v) is 5.17. The summed E-state index contributed by atoms with van der Waals surface area (Å²) in [5, 5.41) is 12.3. The molecule has 1 saturated carbocycles. The Morgan fingerprint density at radius 3 is 2.63 bits per heavy atom. The minimum Gasteiger partial charge on any atom is -0.481 e. The molecule has 0 radical (unpaired) electrons. The lowest BCUT2D eigenvalue weighted by Gasteiger charge is -2.27. The molecule has 1 aromatic heterocycles. The summed E-state index contributed by atoms with van der Waals surface area (Å²) >= 11 is 0. The van der Waals surface area contributed by atoms with Crippen LogP contribution in [0.2, 0.25) is 0 Å². The van der Waals surface area contributed by atoms with Crippen LogP contribution in [0.4, 0.5) is 11.8 Å². The van der Waals surface area contributed by atoms with E-state index in [1.165, 1.54) is 0 Å². The van der Waals surface area contributed by atoms with Gasteiger partial charge in [0, 0.05) is 26.3 Å². The highest BCUT2D eigenvalue weighted by Gasteiger charge is 2.25. The molecular formula is C13H20N4O2. The zero-order valence-corrected chi connectivity index (χ0v) is 11.3. The molecule has 0 aromatic carbocycles. The molecule has 0 aliphatic heterocycles. The Morgan fingerprint density at radius 2 is 2.05 bits per heavy atom. The van der Waals surface area contributed by atoms with E-state index < -0.39 is 5.97 Å². The minimum atomic E-state index is -0.671. The first-order valence-electron chi connectivity index (χ1n) is 6.56. The van der Waals surface area contributed by atoms with E-state index in [0.717, 1.165) is 31.5 Å². The molecule has 1 aliphatic rings. The van der Waals surface area contributed by atoms with Gasteiger partial charge in [-0.15, -0.1) is 0 Å². The van der Waals surface area contributed by atoms with Crippen molar-refractivity contribution >= 4 is 17.7 Å². The summed E-state index contributed by atoms with van der Waals surface area (Å²) in [7, 11) is 3.80. The van der Waals surface area contributed by atoms with Gasteiger partial charge in [-0.05, 0) is 31.7 Å². The third-order valence-electron chi connectivity index (χ3n) is 3.47. The SMILES string of the molecule is CN(C)c1nccc(NC2CCC(C(=O)O)CC2)n1. The van der Waals surface area contributed by atoms with Crippen LogP contribution in [0.1, 0.15) is 25.7 Å². The molecule has 0 atom stereocenters. The third kappa shape index (κ3) is 3.56. The van der Waals surface area contributed by atoms with Crippen LogP contribution < -0.4 is 10.2 Å². The highest BCUT2D eigenvalue weighted by atomic mass is 16.4. The number of rotatable bonds is 4. The van der Waals surface area contributed by atoms with Gasteiger partial charge in [-0.25, -0.2) is 4.98 Å². The second-order valence-electron chi connectivity index (χ2n) is 5.17. The maximum absolute atomic E-state index is 10.9. The number of aromatic nitrogens is 2. The number of hydrogen-bond acceptors (Lipinski definition) is 5. The van der Waals surface area contributed by atoms with Gasteiger partial charge in [0.2, 0.25) is 5.95 Å². The van der Waals surface area contributed by atoms with Crippen LogP contribution in [0.3, 0.4) is 0 Å². The van der Waals surface area contributed by atoms with E-state index in [1.54, 1.807) is 6.20 Å². The van der Waals surface area contributed by atoms with E-state index in [2.05, 4.69) is 15.3 Å². The first kappa shape index (κ1) is 13.6. The minimum absolute atomic E-state index is 0.180. The zero-order chi connectivity index (χ0) is 13.8. The van der Waals surface area contributed by atoms with E-state index in [-0.39, 0.29) is 5.92 Å². The highest BCUT2D eigenvalue weighted by molar-refractivity contribution is 5.70. The number of nitrogens with zero attached hydrogens (tertiary/aromatic N) is 3. The van der Waals surface area contributed by atoms with Crippen LogP contribution in [0.25, 0.3) is 0 Å². The molecule has 19 heavy (non-hydrogen) atoms. The first-order valence-corrected chi connectivity index (χ1v) is 6.56. The van der Waals surface area contributed by atoms with Gasteiger partial charge in [0.05, 0.1) is 5.92 Å². The molecule has 104 valence electrons. The molecule has 2 N–H and O–H groups in total. The summed E-state index contributed by atoms with van der Waals surface area (Å²) in [6, 6.07) is 2.15. The Balaban J connectivity index is 1.92. The van der Waals surface area contributed by atoms with Crippen LogP contribution in [0, 0.1) is 5.92 Å². The van der Waals surface area contributed by atoms with Crippen LogP contribution in [0.15, 0.2) is 12.3 Å². The molecule has 1 fully saturated rings. The zero-order valence-electron chi connectivity index (χ0n) is 11.3. The predicted molar refractivity (Wildman–Crippen MR) is 73.4 cm³/mol. The van der Waals surface area contributed by atoms with Gasteiger partial charge in [0.1, 0.15) is 5.82 Å². The number of hydrogen-bond donors (Lipinski definition) is 2. The Kier molecular flexibility index (Phi) is 4.19. The highest BCUT2D eigenvalue weighted by Crippen LogP contribution is 2.26. The lowest BCUT2D eigenvalue weighted by molar-refractivity contribution is -0.142. The Labute approximate surface area is 112 Å². The van der Waals surface area contributed by atoms with Crippen LogP contribution in [-0.2, 0) is 4.79 Å². The molecule has 0 bridgehead atoms. The summed E-state index contributed by atoms with van der Waals surface area (Å²) in [4.78, 5) is 21.3. The normalized spacial score (nSPS) is 22.8. The number of carbonyl (C=O) groups is 1. The molecule has 0 amide bonds. The Hall–Kier alpha value is -1.85. The van der Waals surface area contributed by atoms with Gasteiger partial charge in [0.15, 0.2) is 0 Å². The van der Waals surface area contributed by atoms with Crippen molar-refractivity contribution in [2.75, 3.05) is 24.3 Å². The smallest absolute Gasteiger partial charge is 0.306 e. The van der Waals surface area contributed by atoms with Gasteiger partial charge < -0.3 is 15.3 Å². The van der Waals surface area contributed by atoms with E-state index in [4.69, 9.17) is 5.11 Å². The largest absolute Gasteiger partial charge is 0.481 e. The van der Waals surface area contributed by atoms with Crippen molar-refractivity contribution in [3.63, 3.8) is 0 Å². The number of anilines is 2. The van der Waals surface area contributed by atoms with Crippen molar-refractivity contribution in [3.05, 3.63) is 12.3 Å². The maximum atomic E-state index is 10.9. The molecule has 2 rings (SSSR count). The average Bonchev–Trinajstić information content (AvgIpc) is 2.39. The fourth-order valence-electron chi connectivity index (χ4n) is 2.34. The first-order chi connectivity index (χ1) is 9.06. The van der Waals surface area contributed by atoms with E-state index in [9.17, 15) is 4.79 Å². The van der Waals surface area contributed by atoms with Gasteiger partial charge >= 0.3 is 5.97 Å². The van der Waals surface area contributed by atoms with E-state index in [1.807, 2.05) is 25.1 Å². The molecule has 1 aromatic rings. The number of nitrogens with one attached hydrogen (secondary N) is 1. The van der Waals surface area contributed by atoms with Crippen molar-refractivity contribution in [3.8, 4) is 0 Å². The van der Waals surface area contributed by atoms with Gasteiger partial charge in [-0.2, -0.15) is 4.98 Å². The van der Waals surface area contributed by atoms with Crippen molar-refractivity contribution in [2.45, 2.75) is 31.7 Å². The lowest BCUT2D eigenvalue weighted by atomic mass is 9.86. The lowest BCUT2D eigenvalue weighted by Crippen LogP contribution is -2.29. The maximum Gasteiger partial charge on any atom is 0.306 e. The summed E-state index contributed by atoms with van der Waals surface area (Å²) in [6.07, 6.45) is 4.95. The van der Waals surface area contributed by atoms with Gasteiger partial charge in [-0.1, -0.05) is 0 Å². The molecule has 1 aliphatic carbocycles. The molecule has 6 heteroatoms. The molecule has 0 unspecified atom stereocenters. The molecule has 1 heterocycles. The number of aliphatic carboxylic acids is 1. The summed E-state index contributed by atoms with van der Waals surface area (Å²) in [5.41, 5.74) is 0. The summed E-state index contributed by atoms with van der Waals surface area (Å²) < 4.78 is 0. The Morgan fingerprint density at radius 1 is 1.37 bits per heavy atom. The average molecular weight is 264 g/mol. The topological polar surface area (TPSA) is 78.4 Å². The molecule has 6 nitrogen and oxygen atoms in total. The standard InChI is InChI=1S/C13H20N4O2/c1-17(2)13-14-8-7-11(16-13)15-10-5-3-9(4-6-10)12(18)19/h7-10H,3-6H2,1-2H3,(H,18,19)(H,14,15,16). The van der Waals surface area contributed by atoms with Crippen LogP contribution in [-0.4, -0.2) is 41.2 Å². The van der Waals surface area contributed by atoms with Crippen molar-refractivity contribution in [1.29, 1.82) is 0 Å². The van der Waals surface area contributed by atoms with Crippen molar-refractivity contribution < 1.29 is 9.90 Å². The fourth-order valence-corrected chi connectivity index (χ4v) is 2.34. The molecule has 0 spiro atoms. The van der Waals surface area contributed by atoms with E-state index >= 15 is 0 Å². The summed E-state index contributed by atoms with van der Waals surface area (Å²) in [5.74, 6) is 0.623. The third-order valence-corrected chi connectivity index (χ3v) is 3.47. The summed E-state index contributed by atoms with van der Waals surface area (Å²) in [6.45, 7) is 0. The molecular weight excluding hydrogens is 244 g/mol. The fraction of sp³-hybridized carbons (Fsp3) is 0.615.